The average molecular weight is 310 g/mol. The van der Waals surface area contributed by atoms with E-state index in [1.807, 2.05) is 0 Å². The summed E-state index contributed by atoms with van der Waals surface area (Å²) in [6.45, 7) is 0. The van der Waals surface area contributed by atoms with E-state index in [2.05, 4.69) is 10.6 Å². The summed E-state index contributed by atoms with van der Waals surface area (Å²) in [6, 6.07) is 12.0. The van der Waals surface area contributed by atoms with Crippen molar-refractivity contribution in [1.82, 2.24) is 0 Å². The molecule has 0 radical (unpaired) electrons. The minimum absolute atomic E-state index is 0.316. The molecule has 0 atom stereocenters. The normalized spacial score (nSPS) is 9.90. The molecule has 0 aliphatic rings. The highest BCUT2D eigenvalue weighted by Crippen LogP contribution is 2.20. The lowest BCUT2D eigenvalue weighted by atomic mass is 10.3. The molecule has 2 rings (SSSR count). The van der Waals surface area contributed by atoms with E-state index in [1.165, 1.54) is 12.1 Å². The van der Waals surface area contributed by atoms with Gasteiger partial charge in [-0.25, -0.2) is 4.79 Å². The van der Waals surface area contributed by atoms with Gasteiger partial charge in [-0.1, -0.05) is 23.2 Å². The van der Waals surface area contributed by atoms with Crippen LogP contribution in [0.15, 0.2) is 53.8 Å². The van der Waals surface area contributed by atoms with Crippen LogP contribution in [0.25, 0.3) is 0 Å². The molecule has 2 amide bonds. The van der Waals surface area contributed by atoms with Crippen molar-refractivity contribution in [3.63, 3.8) is 0 Å². The van der Waals surface area contributed by atoms with Gasteiger partial charge in [-0.3, -0.25) is 0 Å². The maximum atomic E-state index is 12.0. The summed E-state index contributed by atoms with van der Waals surface area (Å²) in [6.07, 6.45) is 0. The molecule has 20 heavy (non-hydrogen) atoms. The number of anilines is 2. The van der Waals surface area contributed by atoms with Crippen molar-refractivity contribution in [3.05, 3.63) is 63.5 Å². The van der Waals surface area contributed by atoms with Crippen molar-refractivity contribution < 1.29 is 4.79 Å². The maximum Gasteiger partial charge on any atom is 0.349 e. The van der Waals surface area contributed by atoms with Gasteiger partial charge in [-0.2, -0.15) is 0 Å². The molecule has 0 aromatic heterocycles. The van der Waals surface area contributed by atoms with Crippen LogP contribution in [-0.4, -0.2) is 6.03 Å². The summed E-state index contributed by atoms with van der Waals surface area (Å²) in [5.74, 6) is 0. The minimum Gasteiger partial charge on any atom is -0.306 e. The van der Waals surface area contributed by atoms with E-state index >= 15 is 0 Å². The minimum atomic E-state index is -0.676. The molecule has 0 saturated heterocycles. The van der Waals surface area contributed by atoms with Crippen LogP contribution in [-0.2, 0) is 0 Å². The van der Waals surface area contributed by atoms with Gasteiger partial charge in [-0.05, 0) is 48.5 Å². The Hall–Kier alpha value is -2.11. The highest BCUT2D eigenvalue weighted by molar-refractivity contribution is 6.31. The van der Waals surface area contributed by atoms with Crippen molar-refractivity contribution in [2.24, 2.45) is 5.29 Å². The molecule has 7 heteroatoms. The van der Waals surface area contributed by atoms with E-state index in [0.717, 1.165) is 0 Å². The highest BCUT2D eigenvalue weighted by atomic mass is 35.5. The maximum absolute atomic E-state index is 12.0. The van der Waals surface area contributed by atoms with Crippen LogP contribution in [0.5, 0.6) is 0 Å². The number of urea groups is 1. The fourth-order valence-electron chi connectivity index (χ4n) is 1.49. The van der Waals surface area contributed by atoms with Crippen molar-refractivity contribution in [2.75, 3.05) is 10.3 Å². The fourth-order valence-corrected chi connectivity index (χ4v) is 1.75. The molecule has 0 spiro atoms. The van der Waals surface area contributed by atoms with E-state index in [-0.39, 0.29) is 0 Å². The first-order chi connectivity index (χ1) is 9.60. The summed E-state index contributed by atoms with van der Waals surface area (Å²) in [7, 11) is 0. The summed E-state index contributed by atoms with van der Waals surface area (Å²) in [5, 5.41) is 6.98. The van der Waals surface area contributed by atoms with Gasteiger partial charge in [0.2, 0.25) is 0 Å². The number of nitroso groups, excluding NO2 is 1. The Labute approximate surface area is 125 Å². The van der Waals surface area contributed by atoms with Gasteiger partial charge in [0.25, 0.3) is 0 Å². The standard InChI is InChI=1S/C13H9Cl2N3O2/c14-9-1-5-11(6-2-9)16-13(19)18(17-20)12-7-3-10(15)4-8-12/h1-8H,(H,16,19). The number of halogens is 2. The number of rotatable bonds is 3. The lowest BCUT2D eigenvalue weighted by Crippen LogP contribution is -2.29. The lowest BCUT2D eigenvalue weighted by molar-refractivity contribution is 0.257. The van der Waals surface area contributed by atoms with Gasteiger partial charge >= 0.3 is 6.03 Å². The molecule has 1 N–H and O–H groups in total. The van der Waals surface area contributed by atoms with E-state index < -0.39 is 6.03 Å². The van der Waals surface area contributed by atoms with E-state index in [1.54, 1.807) is 36.4 Å². The van der Waals surface area contributed by atoms with Gasteiger partial charge in [0.05, 0.1) is 11.0 Å². The molecule has 0 fully saturated rings. The summed E-state index contributed by atoms with van der Waals surface area (Å²) in [4.78, 5) is 22.8. The van der Waals surface area contributed by atoms with Gasteiger partial charge < -0.3 is 5.32 Å². The molecule has 2 aromatic carbocycles. The van der Waals surface area contributed by atoms with E-state index in [9.17, 15) is 9.70 Å². The summed E-state index contributed by atoms with van der Waals surface area (Å²) >= 11 is 11.5. The molecule has 102 valence electrons. The number of carbonyl (C=O) groups excluding carboxylic acids is 1. The topological polar surface area (TPSA) is 61.8 Å². The second-order valence-electron chi connectivity index (χ2n) is 3.81. The quantitative estimate of drug-likeness (QED) is 0.659. The molecule has 0 saturated carbocycles. The molecule has 0 heterocycles. The average Bonchev–Trinajstić information content (AvgIpc) is 2.44. The molecule has 5 nitrogen and oxygen atoms in total. The Balaban J connectivity index is 2.15. The summed E-state index contributed by atoms with van der Waals surface area (Å²) in [5.41, 5.74) is 0.817. The Morgan fingerprint density at radius 3 is 1.95 bits per heavy atom. The molecule has 0 aliphatic heterocycles. The number of hydrogen-bond donors (Lipinski definition) is 1. The Morgan fingerprint density at radius 1 is 0.950 bits per heavy atom. The fraction of sp³-hybridized carbons (Fsp3) is 0. The summed E-state index contributed by atoms with van der Waals surface area (Å²) < 4.78 is 0. The zero-order valence-corrected chi connectivity index (χ0v) is 11.6. The second kappa shape index (κ2) is 6.36. The zero-order valence-electron chi connectivity index (χ0n) is 10.1. The van der Waals surface area contributed by atoms with Crippen LogP contribution < -0.4 is 10.3 Å². The second-order valence-corrected chi connectivity index (χ2v) is 4.68. The van der Waals surface area contributed by atoms with Gasteiger partial charge in [0.1, 0.15) is 0 Å². The molecule has 2 aromatic rings. The van der Waals surface area contributed by atoms with Crippen LogP contribution in [0.4, 0.5) is 16.2 Å². The molecule has 0 aliphatic carbocycles. The van der Waals surface area contributed by atoms with Crippen molar-refractivity contribution in [1.29, 1.82) is 0 Å². The number of hydrogen-bond acceptors (Lipinski definition) is 3. The third-order valence-electron chi connectivity index (χ3n) is 2.44. The number of amides is 2. The molecule has 0 bridgehead atoms. The van der Waals surface area contributed by atoms with E-state index in [0.29, 0.717) is 26.4 Å². The monoisotopic (exact) mass is 309 g/mol. The largest absolute Gasteiger partial charge is 0.349 e. The molecular formula is C13H9Cl2N3O2. The van der Waals surface area contributed by atoms with Crippen molar-refractivity contribution in [2.45, 2.75) is 0 Å². The third-order valence-corrected chi connectivity index (χ3v) is 2.94. The number of carbonyl (C=O) groups is 1. The number of benzene rings is 2. The first-order valence-corrected chi connectivity index (χ1v) is 6.31. The van der Waals surface area contributed by atoms with Crippen molar-refractivity contribution >= 4 is 40.6 Å². The predicted molar refractivity (Wildman–Crippen MR) is 80.2 cm³/mol. The SMILES string of the molecule is O=NN(C(=O)Nc1ccc(Cl)cc1)c1ccc(Cl)cc1. The Morgan fingerprint density at radius 2 is 1.45 bits per heavy atom. The van der Waals surface area contributed by atoms with Crippen LogP contribution >= 0.6 is 23.2 Å². The van der Waals surface area contributed by atoms with Gasteiger partial charge in [0, 0.05) is 15.7 Å². The first-order valence-electron chi connectivity index (χ1n) is 5.55. The highest BCUT2D eigenvalue weighted by Gasteiger charge is 2.16. The van der Waals surface area contributed by atoms with Crippen LogP contribution in [0.3, 0.4) is 0 Å². The van der Waals surface area contributed by atoms with Crippen LogP contribution in [0, 0.1) is 4.91 Å². The molecular weight excluding hydrogens is 301 g/mol. The number of nitrogens with one attached hydrogen (secondary N) is 1. The Bertz CT molecular complexity index is 615. The lowest BCUT2D eigenvalue weighted by Gasteiger charge is -2.14. The van der Waals surface area contributed by atoms with Crippen molar-refractivity contribution in [3.8, 4) is 0 Å². The van der Waals surface area contributed by atoms with Crippen LogP contribution in [0.2, 0.25) is 10.0 Å². The van der Waals surface area contributed by atoms with Gasteiger partial charge in [0.15, 0.2) is 0 Å². The molecule has 0 unspecified atom stereocenters. The number of nitrogens with zero attached hydrogens (tertiary/aromatic N) is 2. The van der Waals surface area contributed by atoms with E-state index in [4.69, 9.17) is 23.2 Å². The zero-order chi connectivity index (χ0) is 14.5. The third kappa shape index (κ3) is 3.46. The van der Waals surface area contributed by atoms with Crippen LogP contribution in [0.1, 0.15) is 0 Å². The predicted octanol–water partition coefficient (Wildman–Crippen LogP) is 4.71. The van der Waals surface area contributed by atoms with Gasteiger partial charge in [-0.15, -0.1) is 9.92 Å². The first kappa shape index (κ1) is 14.3. The Kier molecular flexibility index (Phi) is 4.55. The smallest absolute Gasteiger partial charge is 0.306 e.